The summed E-state index contributed by atoms with van der Waals surface area (Å²) in [5, 5.41) is 12.5. The Balaban J connectivity index is 1.37. The molecule has 1 saturated heterocycles. The minimum absolute atomic E-state index is 0.0118. The molecule has 2 aromatic carbocycles. The molecule has 1 aromatic heterocycles. The maximum Gasteiger partial charge on any atom is 0.430 e. The van der Waals surface area contributed by atoms with Crippen LogP contribution in [0, 0.1) is 0 Å². The number of aliphatic hydroxyl groups is 1. The number of hydrogen-bond acceptors (Lipinski definition) is 7. The van der Waals surface area contributed by atoms with Crippen LogP contribution < -0.4 is 19.5 Å². The molecule has 3 amide bonds. The molecule has 2 N–H and O–H groups in total. The molecule has 0 saturated carbocycles. The number of ether oxygens (including phenoxy) is 3. The highest BCUT2D eigenvalue weighted by atomic mass is 19.4. The van der Waals surface area contributed by atoms with Gasteiger partial charge in [0.25, 0.3) is 11.5 Å². The number of urea groups is 1. The highest BCUT2D eigenvalue weighted by Gasteiger charge is 2.71. The van der Waals surface area contributed by atoms with Crippen LogP contribution in [-0.2, 0) is 28.9 Å². The van der Waals surface area contributed by atoms with Crippen molar-refractivity contribution in [1.82, 2.24) is 15.2 Å². The number of aryl methyl sites for hydroxylation is 1. The number of nitrogens with zero attached hydrogens (tertiary/aromatic N) is 2. The van der Waals surface area contributed by atoms with E-state index in [0.717, 1.165) is 11.0 Å². The Bertz CT molecular complexity index is 1680. The van der Waals surface area contributed by atoms with E-state index >= 15 is 0 Å². The Labute approximate surface area is 259 Å². The fourth-order valence-corrected chi connectivity index (χ4v) is 5.32. The Kier molecular flexibility index (Phi) is 7.91. The van der Waals surface area contributed by atoms with Crippen molar-refractivity contribution in [2.75, 3.05) is 0 Å². The number of hydrogen-bond donors (Lipinski definition) is 2. The highest BCUT2D eigenvalue weighted by Crippen LogP contribution is 2.51. The molecule has 1 unspecified atom stereocenters. The van der Waals surface area contributed by atoms with Crippen molar-refractivity contribution in [3.63, 3.8) is 0 Å². The van der Waals surface area contributed by atoms with Gasteiger partial charge in [-0.05, 0) is 54.8 Å². The lowest BCUT2D eigenvalue weighted by Gasteiger charge is -2.33. The van der Waals surface area contributed by atoms with Crippen LogP contribution in [0.25, 0.3) is 0 Å². The van der Waals surface area contributed by atoms with Crippen molar-refractivity contribution in [1.29, 1.82) is 0 Å². The SMILES string of the molecule is CCCc1cc(C(O)(C(F)(F)F)C(F)(F)F)ccc1Oc1ccnc(CN2C(=O)NC(C)(c3ccc4c(c3)OC(C)(C)O4)C2=O)c1. The van der Waals surface area contributed by atoms with Gasteiger partial charge in [-0.1, -0.05) is 25.5 Å². The van der Waals surface area contributed by atoms with E-state index < -0.39 is 46.8 Å². The van der Waals surface area contributed by atoms with Crippen LogP contribution in [0.4, 0.5) is 31.1 Å². The van der Waals surface area contributed by atoms with E-state index in [1.807, 2.05) is 0 Å². The van der Waals surface area contributed by atoms with E-state index in [0.29, 0.717) is 35.6 Å². The van der Waals surface area contributed by atoms with Crippen molar-refractivity contribution in [2.45, 2.75) is 76.4 Å². The Morgan fingerprint density at radius 2 is 1.61 bits per heavy atom. The van der Waals surface area contributed by atoms with Crippen LogP contribution in [0.15, 0.2) is 54.7 Å². The van der Waals surface area contributed by atoms with Gasteiger partial charge in [0.15, 0.2) is 11.5 Å². The first-order valence-corrected chi connectivity index (χ1v) is 14.1. The number of halogens is 6. The molecule has 5 rings (SSSR count). The molecule has 9 nitrogen and oxygen atoms in total. The minimum atomic E-state index is -6.04. The van der Waals surface area contributed by atoms with Gasteiger partial charge in [0, 0.05) is 31.7 Å². The van der Waals surface area contributed by atoms with Crippen LogP contribution in [0.5, 0.6) is 23.0 Å². The zero-order valence-corrected chi connectivity index (χ0v) is 25.0. The summed E-state index contributed by atoms with van der Waals surface area (Å²) in [4.78, 5) is 31.6. The summed E-state index contributed by atoms with van der Waals surface area (Å²) in [6.45, 7) is 6.38. The first-order valence-electron chi connectivity index (χ1n) is 14.1. The second-order valence-corrected chi connectivity index (χ2v) is 11.6. The van der Waals surface area contributed by atoms with Gasteiger partial charge in [0.1, 0.15) is 17.0 Å². The number of carbonyl (C=O) groups is 2. The van der Waals surface area contributed by atoms with Gasteiger partial charge >= 0.3 is 18.4 Å². The molecule has 1 fully saturated rings. The van der Waals surface area contributed by atoms with Gasteiger partial charge in [0.2, 0.25) is 5.79 Å². The van der Waals surface area contributed by atoms with E-state index in [1.165, 1.54) is 18.3 Å². The monoisotopic (exact) mass is 653 g/mol. The number of benzene rings is 2. The van der Waals surface area contributed by atoms with E-state index in [2.05, 4.69) is 10.3 Å². The number of amides is 3. The van der Waals surface area contributed by atoms with Crippen molar-refractivity contribution >= 4 is 11.9 Å². The molecule has 15 heteroatoms. The van der Waals surface area contributed by atoms with Crippen molar-refractivity contribution in [3.05, 3.63) is 77.1 Å². The second kappa shape index (κ2) is 11.1. The number of nitrogens with one attached hydrogen (secondary N) is 1. The maximum atomic E-state index is 13.5. The number of carbonyl (C=O) groups excluding carboxylic acids is 2. The van der Waals surface area contributed by atoms with E-state index in [1.54, 1.807) is 45.9 Å². The third-order valence-electron chi connectivity index (χ3n) is 7.66. The number of rotatable bonds is 8. The summed E-state index contributed by atoms with van der Waals surface area (Å²) < 4.78 is 98.1. The third-order valence-corrected chi connectivity index (χ3v) is 7.66. The van der Waals surface area contributed by atoms with Crippen LogP contribution in [0.1, 0.15) is 56.5 Å². The third kappa shape index (κ3) is 5.67. The van der Waals surface area contributed by atoms with Crippen molar-refractivity contribution < 1.29 is 55.2 Å². The fourth-order valence-electron chi connectivity index (χ4n) is 5.32. The number of imide groups is 1. The zero-order chi connectivity index (χ0) is 33.9. The van der Waals surface area contributed by atoms with Gasteiger partial charge in [0.05, 0.1) is 12.2 Å². The summed E-state index contributed by atoms with van der Waals surface area (Å²) in [7, 11) is 0. The second-order valence-electron chi connectivity index (χ2n) is 11.6. The number of fused-ring (bicyclic) bond motifs is 1. The van der Waals surface area contributed by atoms with Crippen LogP contribution in [0.2, 0.25) is 0 Å². The summed E-state index contributed by atoms with van der Waals surface area (Å²) >= 11 is 0. The maximum absolute atomic E-state index is 13.5. The smallest absolute Gasteiger partial charge is 0.430 e. The van der Waals surface area contributed by atoms with Crippen LogP contribution >= 0.6 is 0 Å². The molecule has 46 heavy (non-hydrogen) atoms. The Morgan fingerprint density at radius 1 is 0.935 bits per heavy atom. The summed E-state index contributed by atoms with van der Waals surface area (Å²) in [6, 6.07) is 9.00. The van der Waals surface area contributed by atoms with Gasteiger partial charge in [-0.3, -0.25) is 14.7 Å². The van der Waals surface area contributed by atoms with Gasteiger partial charge in [-0.2, -0.15) is 26.3 Å². The lowest BCUT2D eigenvalue weighted by atomic mass is 9.90. The van der Waals surface area contributed by atoms with E-state index in [4.69, 9.17) is 14.2 Å². The first kappa shape index (κ1) is 32.9. The van der Waals surface area contributed by atoms with Crippen molar-refractivity contribution in [2.24, 2.45) is 0 Å². The van der Waals surface area contributed by atoms with Gasteiger partial charge in [-0.25, -0.2) is 4.79 Å². The molecule has 2 aliphatic heterocycles. The molecule has 3 heterocycles. The van der Waals surface area contributed by atoms with Gasteiger partial charge < -0.3 is 24.6 Å². The first-order chi connectivity index (χ1) is 21.3. The largest absolute Gasteiger partial charge is 0.457 e. The number of aromatic nitrogens is 1. The van der Waals surface area contributed by atoms with Crippen LogP contribution in [-0.4, -0.2) is 45.1 Å². The predicted molar refractivity (Wildman–Crippen MR) is 149 cm³/mol. The predicted octanol–water partition coefficient (Wildman–Crippen LogP) is 6.61. The van der Waals surface area contributed by atoms with Crippen LogP contribution in [0.3, 0.4) is 0 Å². The highest BCUT2D eigenvalue weighted by molar-refractivity contribution is 6.07. The minimum Gasteiger partial charge on any atom is -0.457 e. The lowest BCUT2D eigenvalue weighted by Crippen LogP contribution is -2.53. The summed E-state index contributed by atoms with van der Waals surface area (Å²) in [6.07, 6.45) is -10.4. The summed E-state index contributed by atoms with van der Waals surface area (Å²) in [5.74, 6) is -0.544. The standard InChI is InChI=1S/C31H29F6N3O6/c1-5-6-17-13-19(29(43,30(32,33)34)31(35,36)37)8-9-22(17)44-21-11-12-38-20(15-21)16-40-25(41)28(4,39-26(40)42)18-7-10-23-24(14-18)46-27(2,3)45-23/h7-15,43H,5-6,16H2,1-4H3,(H,39,42). The number of pyridine rings is 1. The van der Waals surface area contributed by atoms with Gasteiger partial charge in [-0.15, -0.1) is 0 Å². The molecular weight excluding hydrogens is 624 g/mol. The molecule has 0 spiro atoms. The average Bonchev–Trinajstić information content (AvgIpc) is 3.38. The molecular formula is C31H29F6N3O6. The zero-order valence-electron chi connectivity index (χ0n) is 25.0. The molecule has 3 aromatic rings. The van der Waals surface area contributed by atoms with Crippen molar-refractivity contribution in [3.8, 4) is 23.0 Å². The molecule has 246 valence electrons. The molecule has 0 aliphatic carbocycles. The quantitative estimate of drug-likeness (QED) is 0.208. The molecule has 1 atom stereocenters. The molecule has 2 aliphatic rings. The normalized spacial score (nSPS) is 19.4. The Hall–Kier alpha value is -4.53. The number of alkyl halides is 6. The summed E-state index contributed by atoms with van der Waals surface area (Å²) in [5.41, 5.74) is -7.28. The topological polar surface area (TPSA) is 110 Å². The van der Waals surface area contributed by atoms with E-state index in [-0.39, 0.29) is 35.7 Å². The molecule has 0 bridgehead atoms. The fraction of sp³-hybridized carbons (Fsp3) is 0.387. The molecule has 0 radical (unpaired) electrons. The lowest BCUT2D eigenvalue weighted by molar-refractivity contribution is -0.376. The van der Waals surface area contributed by atoms with E-state index in [9.17, 15) is 41.0 Å². The average molecular weight is 654 g/mol. The Morgan fingerprint density at radius 3 is 2.26 bits per heavy atom.